The third kappa shape index (κ3) is 6.64. The van der Waals surface area contributed by atoms with Crippen LogP contribution in [-0.4, -0.2) is 32.2 Å². The Balaban J connectivity index is 1.90. The summed E-state index contributed by atoms with van der Waals surface area (Å²) in [6.45, 7) is 8.29. The minimum atomic E-state index is 0.742. The van der Waals surface area contributed by atoms with Crippen LogP contribution in [0.5, 0.6) is 0 Å². The van der Waals surface area contributed by atoms with Gasteiger partial charge in [-0.2, -0.15) is 0 Å². The fraction of sp³-hybridized carbons (Fsp3) is 1.00. The zero-order valence-electron chi connectivity index (χ0n) is 11.4. The molecular weight excluding hydrogens is 234 g/mol. The van der Waals surface area contributed by atoms with E-state index in [2.05, 4.69) is 19.2 Å². The number of ether oxygens (including phenoxy) is 1. The average Bonchev–Trinajstić information content (AvgIpc) is 2.74. The van der Waals surface area contributed by atoms with Gasteiger partial charge in [0.2, 0.25) is 0 Å². The third-order valence-corrected chi connectivity index (χ3v) is 4.08. The normalized spacial score (nSPS) is 24.7. The topological polar surface area (TPSA) is 21.3 Å². The summed E-state index contributed by atoms with van der Waals surface area (Å²) in [5, 5.41) is 3.50. The van der Waals surface area contributed by atoms with Crippen molar-refractivity contribution in [2.24, 2.45) is 17.8 Å². The Bertz CT molecular complexity index is 187. The van der Waals surface area contributed by atoms with Crippen LogP contribution in [0, 0.1) is 17.8 Å². The molecule has 3 heteroatoms. The van der Waals surface area contributed by atoms with Gasteiger partial charge in [0.05, 0.1) is 6.61 Å². The maximum atomic E-state index is 5.96. The van der Waals surface area contributed by atoms with Crippen LogP contribution in [0.3, 0.4) is 0 Å². The van der Waals surface area contributed by atoms with Gasteiger partial charge in [-0.3, -0.25) is 0 Å². The third-order valence-electron chi connectivity index (χ3n) is 3.68. The van der Waals surface area contributed by atoms with Crippen molar-refractivity contribution in [2.75, 3.05) is 32.2 Å². The first kappa shape index (κ1) is 15.3. The SMILES string of the molecule is CC(C)CCOCCNCC1CCCC1CCl. The average molecular weight is 262 g/mol. The summed E-state index contributed by atoms with van der Waals surface area (Å²) >= 11 is 5.96. The Hall–Kier alpha value is 0.210. The second-order valence-electron chi connectivity index (χ2n) is 5.60. The summed E-state index contributed by atoms with van der Waals surface area (Å²) in [4.78, 5) is 0. The van der Waals surface area contributed by atoms with Crippen LogP contribution in [0.2, 0.25) is 0 Å². The van der Waals surface area contributed by atoms with E-state index in [0.29, 0.717) is 0 Å². The van der Waals surface area contributed by atoms with Gasteiger partial charge in [0.25, 0.3) is 0 Å². The lowest BCUT2D eigenvalue weighted by atomic mass is 9.98. The molecular formula is C14H28ClNO. The van der Waals surface area contributed by atoms with Crippen molar-refractivity contribution in [3.8, 4) is 0 Å². The Morgan fingerprint density at radius 2 is 2.00 bits per heavy atom. The zero-order chi connectivity index (χ0) is 12.5. The maximum absolute atomic E-state index is 5.96. The van der Waals surface area contributed by atoms with Gasteiger partial charge in [-0.25, -0.2) is 0 Å². The Labute approximate surface area is 111 Å². The molecule has 0 saturated heterocycles. The van der Waals surface area contributed by atoms with Crippen LogP contribution in [-0.2, 0) is 4.74 Å². The molecule has 1 fully saturated rings. The standard InChI is InChI=1S/C14H28ClNO/c1-12(2)6-8-17-9-7-16-11-14-5-3-4-13(14)10-15/h12-14,16H,3-11H2,1-2H3. The molecule has 2 unspecified atom stereocenters. The second-order valence-corrected chi connectivity index (χ2v) is 5.91. The van der Waals surface area contributed by atoms with E-state index >= 15 is 0 Å². The first-order valence-corrected chi connectivity index (χ1v) is 7.62. The fourth-order valence-corrected chi connectivity index (χ4v) is 2.84. The van der Waals surface area contributed by atoms with E-state index in [0.717, 1.165) is 56.4 Å². The van der Waals surface area contributed by atoms with Gasteiger partial charge in [-0.15, -0.1) is 11.6 Å². The molecule has 0 heterocycles. The lowest BCUT2D eigenvalue weighted by Crippen LogP contribution is -2.28. The van der Waals surface area contributed by atoms with Gasteiger partial charge in [-0.05, 0) is 43.6 Å². The van der Waals surface area contributed by atoms with Crippen LogP contribution < -0.4 is 5.32 Å². The molecule has 0 radical (unpaired) electrons. The highest BCUT2D eigenvalue weighted by Crippen LogP contribution is 2.31. The summed E-state index contributed by atoms with van der Waals surface area (Å²) in [6.07, 6.45) is 5.19. The van der Waals surface area contributed by atoms with Crippen molar-refractivity contribution in [2.45, 2.75) is 39.5 Å². The summed E-state index contributed by atoms with van der Waals surface area (Å²) in [5.41, 5.74) is 0. The van der Waals surface area contributed by atoms with Crippen molar-refractivity contribution in [3.63, 3.8) is 0 Å². The van der Waals surface area contributed by atoms with E-state index in [4.69, 9.17) is 16.3 Å². The van der Waals surface area contributed by atoms with E-state index < -0.39 is 0 Å². The Morgan fingerprint density at radius 3 is 2.71 bits per heavy atom. The van der Waals surface area contributed by atoms with Crippen molar-refractivity contribution in [3.05, 3.63) is 0 Å². The lowest BCUT2D eigenvalue weighted by Gasteiger charge is -2.17. The summed E-state index contributed by atoms with van der Waals surface area (Å²) < 4.78 is 5.57. The highest BCUT2D eigenvalue weighted by molar-refractivity contribution is 6.18. The smallest absolute Gasteiger partial charge is 0.0590 e. The van der Waals surface area contributed by atoms with Gasteiger partial charge in [0.15, 0.2) is 0 Å². The molecule has 1 aliphatic rings. The lowest BCUT2D eigenvalue weighted by molar-refractivity contribution is 0.124. The number of alkyl halides is 1. The van der Waals surface area contributed by atoms with Crippen LogP contribution >= 0.6 is 11.6 Å². The van der Waals surface area contributed by atoms with E-state index in [1.165, 1.54) is 19.3 Å². The Kier molecular flexibility index (Phi) is 8.25. The van der Waals surface area contributed by atoms with E-state index in [-0.39, 0.29) is 0 Å². The molecule has 17 heavy (non-hydrogen) atoms. The van der Waals surface area contributed by atoms with E-state index in [1.807, 2.05) is 0 Å². The van der Waals surface area contributed by atoms with Crippen LogP contribution in [0.15, 0.2) is 0 Å². The van der Waals surface area contributed by atoms with Gasteiger partial charge < -0.3 is 10.1 Å². The summed E-state index contributed by atoms with van der Waals surface area (Å²) in [7, 11) is 0. The molecule has 0 spiro atoms. The molecule has 1 aliphatic carbocycles. The molecule has 0 aromatic rings. The number of hydrogen-bond donors (Lipinski definition) is 1. The fourth-order valence-electron chi connectivity index (χ4n) is 2.44. The second kappa shape index (κ2) is 9.18. The van der Waals surface area contributed by atoms with E-state index in [9.17, 15) is 0 Å². The van der Waals surface area contributed by atoms with Crippen molar-refractivity contribution in [1.82, 2.24) is 5.32 Å². The van der Waals surface area contributed by atoms with Gasteiger partial charge in [0, 0.05) is 19.0 Å². The molecule has 2 atom stereocenters. The molecule has 1 rings (SSSR count). The summed E-state index contributed by atoms with van der Waals surface area (Å²) in [6, 6.07) is 0. The molecule has 0 aromatic carbocycles. The van der Waals surface area contributed by atoms with E-state index in [1.54, 1.807) is 0 Å². The van der Waals surface area contributed by atoms with Gasteiger partial charge >= 0.3 is 0 Å². The summed E-state index contributed by atoms with van der Waals surface area (Å²) in [5.74, 6) is 3.11. The molecule has 1 saturated carbocycles. The molecule has 0 amide bonds. The number of hydrogen-bond acceptors (Lipinski definition) is 2. The molecule has 1 N–H and O–H groups in total. The minimum absolute atomic E-state index is 0.742. The van der Waals surface area contributed by atoms with Crippen LogP contribution in [0.4, 0.5) is 0 Å². The van der Waals surface area contributed by atoms with Gasteiger partial charge in [0.1, 0.15) is 0 Å². The number of rotatable bonds is 9. The molecule has 0 bridgehead atoms. The molecule has 0 aliphatic heterocycles. The Morgan fingerprint density at radius 1 is 1.24 bits per heavy atom. The maximum Gasteiger partial charge on any atom is 0.0590 e. The molecule has 2 nitrogen and oxygen atoms in total. The first-order chi connectivity index (χ1) is 8.24. The molecule has 102 valence electrons. The quantitative estimate of drug-likeness (QED) is 0.508. The van der Waals surface area contributed by atoms with Crippen molar-refractivity contribution in [1.29, 1.82) is 0 Å². The van der Waals surface area contributed by atoms with Crippen LogP contribution in [0.1, 0.15) is 39.5 Å². The largest absolute Gasteiger partial charge is 0.380 e. The highest BCUT2D eigenvalue weighted by atomic mass is 35.5. The number of nitrogens with one attached hydrogen (secondary N) is 1. The minimum Gasteiger partial charge on any atom is -0.380 e. The highest BCUT2D eigenvalue weighted by Gasteiger charge is 2.25. The monoisotopic (exact) mass is 261 g/mol. The van der Waals surface area contributed by atoms with Crippen molar-refractivity contribution < 1.29 is 4.74 Å². The van der Waals surface area contributed by atoms with Crippen LogP contribution in [0.25, 0.3) is 0 Å². The zero-order valence-corrected chi connectivity index (χ0v) is 12.1. The molecule has 0 aromatic heterocycles. The first-order valence-electron chi connectivity index (χ1n) is 7.08. The predicted octanol–water partition coefficient (Wildman–Crippen LogP) is 3.29. The van der Waals surface area contributed by atoms with Gasteiger partial charge in [-0.1, -0.05) is 20.3 Å². The van der Waals surface area contributed by atoms with Crippen molar-refractivity contribution >= 4 is 11.6 Å². The number of halogens is 1. The predicted molar refractivity (Wildman–Crippen MR) is 74.7 cm³/mol.